The van der Waals surface area contributed by atoms with Crippen LogP contribution in [0.2, 0.25) is 0 Å². The van der Waals surface area contributed by atoms with Gasteiger partial charge >= 0.3 is 0 Å². The molecule has 1 aliphatic heterocycles. The van der Waals surface area contributed by atoms with Crippen molar-refractivity contribution in [3.8, 4) is 0 Å². The second-order valence-corrected chi connectivity index (χ2v) is 3.53. The highest BCUT2D eigenvalue weighted by atomic mass is 16.2. The Morgan fingerprint density at radius 1 is 1.47 bits per heavy atom. The van der Waals surface area contributed by atoms with Crippen LogP contribution < -0.4 is 16.4 Å². The maximum atomic E-state index is 11.6. The molecule has 0 saturated carbocycles. The number of H-pyrrole nitrogens is 1. The van der Waals surface area contributed by atoms with Gasteiger partial charge in [-0.05, 0) is 19.3 Å². The largest absolute Gasteiger partial charge is 0.368 e. The van der Waals surface area contributed by atoms with Gasteiger partial charge in [-0.1, -0.05) is 0 Å². The number of nitrogen functional groups attached to an aromatic ring is 1. The number of aromatic amines is 1. The van der Waals surface area contributed by atoms with E-state index in [0.29, 0.717) is 5.95 Å². The predicted octanol–water partition coefficient (Wildman–Crippen LogP) is -0.533. The molecular weight excluding hydrogens is 196 g/mol. The molecule has 7 heteroatoms. The number of nitrogens with one attached hydrogen (secondary N) is 3. The number of nitrogens with zero attached hydrogens (tertiary/aromatic N) is 2. The molecule has 7 nitrogen and oxygen atoms in total. The van der Waals surface area contributed by atoms with Crippen LogP contribution in [0.15, 0.2) is 0 Å². The first-order valence-electron chi connectivity index (χ1n) is 4.98. The van der Waals surface area contributed by atoms with Crippen molar-refractivity contribution in [2.75, 3.05) is 17.6 Å². The third-order valence-electron chi connectivity index (χ3n) is 2.34. The normalized spacial score (nSPS) is 21.9. The van der Waals surface area contributed by atoms with Crippen molar-refractivity contribution >= 4 is 17.8 Å². The molecule has 15 heavy (non-hydrogen) atoms. The zero-order valence-corrected chi connectivity index (χ0v) is 8.29. The monoisotopic (exact) mass is 210 g/mol. The molecule has 0 spiro atoms. The van der Waals surface area contributed by atoms with Gasteiger partial charge in [0.2, 0.25) is 17.8 Å². The van der Waals surface area contributed by atoms with Crippen LogP contribution in [0.4, 0.5) is 11.9 Å². The lowest BCUT2D eigenvalue weighted by molar-refractivity contribution is -0.121. The Balaban J connectivity index is 2.00. The zero-order chi connectivity index (χ0) is 10.7. The molecular formula is C8H14N6O. The van der Waals surface area contributed by atoms with Crippen molar-refractivity contribution in [2.24, 2.45) is 0 Å². The molecule has 0 bridgehead atoms. The van der Waals surface area contributed by atoms with E-state index >= 15 is 0 Å². The third-order valence-corrected chi connectivity index (χ3v) is 2.34. The first-order chi connectivity index (χ1) is 7.25. The molecule has 2 heterocycles. The predicted molar refractivity (Wildman–Crippen MR) is 55.1 cm³/mol. The summed E-state index contributed by atoms with van der Waals surface area (Å²) in [6, 6.07) is -0.261. The maximum Gasteiger partial charge on any atom is 0.244 e. The van der Waals surface area contributed by atoms with Gasteiger partial charge in [0.1, 0.15) is 6.04 Å². The maximum absolute atomic E-state index is 11.6. The summed E-state index contributed by atoms with van der Waals surface area (Å²) < 4.78 is 0. The van der Waals surface area contributed by atoms with Crippen molar-refractivity contribution in [1.82, 2.24) is 20.5 Å². The van der Waals surface area contributed by atoms with E-state index in [1.54, 1.807) is 0 Å². The standard InChI is InChI=1S/C8H14N6O/c9-7-12-8(14-13-7)11-5-3-1-2-4-10-6(5)15/h5H,1-4H2,(H,10,15)(H4,9,11,12,13,14)/t5-/m1/s1. The number of aromatic nitrogens is 3. The molecule has 1 aromatic rings. The van der Waals surface area contributed by atoms with Gasteiger partial charge in [-0.25, -0.2) is 5.10 Å². The summed E-state index contributed by atoms with van der Waals surface area (Å²) in [5, 5.41) is 12.1. The fourth-order valence-electron chi connectivity index (χ4n) is 1.57. The van der Waals surface area contributed by atoms with E-state index in [-0.39, 0.29) is 17.9 Å². The average Bonchev–Trinajstić information content (AvgIpc) is 2.50. The number of carbonyl (C=O) groups is 1. The van der Waals surface area contributed by atoms with Crippen molar-refractivity contribution in [2.45, 2.75) is 25.3 Å². The van der Waals surface area contributed by atoms with Crippen LogP contribution in [-0.4, -0.2) is 33.7 Å². The molecule has 1 aromatic heterocycles. The number of nitrogens with two attached hydrogens (primary N) is 1. The van der Waals surface area contributed by atoms with E-state index in [2.05, 4.69) is 25.8 Å². The van der Waals surface area contributed by atoms with Crippen molar-refractivity contribution in [3.63, 3.8) is 0 Å². The Labute approximate surface area is 86.8 Å². The summed E-state index contributed by atoms with van der Waals surface area (Å²) in [5.74, 6) is 0.608. The highest BCUT2D eigenvalue weighted by Crippen LogP contribution is 2.10. The minimum absolute atomic E-state index is 0.00382. The van der Waals surface area contributed by atoms with E-state index in [4.69, 9.17) is 5.73 Å². The van der Waals surface area contributed by atoms with Crippen molar-refractivity contribution in [1.29, 1.82) is 0 Å². The Kier molecular flexibility index (Phi) is 2.70. The average molecular weight is 210 g/mol. The molecule has 5 N–H and O–H groups in total. The van der Waals surface area contributed by atoms with Crippen LogP contribution in [0, 0.1) is 0 Å². The number of amides is 1. The highest BCUT2D eigenvalue weighted by Gasteiger charge is 2.21. The minimum Gasteiger partial charge on any atom is -0.368 e. The molecule has 0 unspecified atom stereocenters. The fraction of sp³-hybridized carbons (Fsp3) is 0.625. The van der Waals surface area contributed by atoms with Crippen LogP contribution >= 0.6 is 0 Å². The second-order valence-electron chi connectivity index (χ2n) is 3.53. The van der Waals surface area contributed by atoms with Crippen LogP contribution in [0.3, 0.4) is 0 Å². The van der Waals surface area contributed by atoms with Gasteiger partial charge in [0.15, 0.2) is 0 Å². The smallest absolute Gasteiger partial charge is 0.244 e. The molecule has 1 fully saturated rings. The summed E-state index contributed by atoms with van der Waals surface area (Å²) in [4.78, 5) is 15.4. The Bertz CT molecular complexity index is 349. The summed E-state index contributed by atoms with van der Waals surface area (Å²) in [6.07, 6.45) is 2.82. The first kappa shape index (κ1) is 9.75. The lowest BCUT2D eigenvalue weighted by Crippen LogP contribution is -2.38. The molecule has 1 atom stereocenters. The van der Waals surface area contributed by atoms with Gasteiger partial charge in [0, 0.05) is 6.54 Å². The zero-order valence-electron chi connectivity index (χ0n) is 8.29. The lowest BCUT2D eigenvalue weighted by atomic mass is 10.1. The summed E-state index contributed by atoms with van der Waals surface area (Å²) >= 11 is 0. The van der Waals surface area contributed by atoms with Gasteiger partial charge in [-0.3, -0.25) is 4.79 Å². The van der Waals surface area contributed by atoms with E-state index in [0.717, 1.165) is 25.8 Å². The van der Waals surface area contributed by atoms with Crippen LogP contribution in [0.25, 0.3) is 0 Å². The number of hydrogen-bond donors (Lipinski definition) is 4. The van der Waals surface area contributed by atoms with Crippen LogP contribution in [0.5, 0.6) is 0 Å². The summed E-state index contributed by atoms with van der Waals surface area (Å²) in [5.41, 5.74) is 5.38. The lowest BCUT2D eigenvalue weighted by Gasteiger charge is -2.12. The molecule has 0 aliphatic carbocycles. The molecule has 1 aliphatic rings. The number of carbonyl (C=O) groups excluding carboxylic acids is 1. The summed E-state index contributed by atoms with van der Waals surface area (Å²) in [7, 11) is 0. The number of hydrogen-bond acceptors (Lipinski definition) is 5. The van der Waals surface area contributed by atoms with Gasteiger partial charge in [0.05, 0.1) is 0 Å². The molecule has 82 valence electrons. The van der Waals surface area contributed by atoms with E-state index in [1.165, 1.54) is 0 Å². The van der Waals surface area contributed by atoms with Gasteiger partial charge < -0.3 is 16.4 Å². The minimum atomic E-state index is -0.261. The molecule has 0 aromatic carbocycles. The number of anilines is 2. The van der Waals surface area contributed by atoms with Crippen molar-refractivity contribution in [3.05, 3.63) is 0 Å². The SMILES string of the molecule is Nc1nc(N[C@@H]2CCCCNC2=O)n[nH]1. The van der Waals surface area contributed by atoms with Crippen LogP contribution in [-0.2, 0) is 4.79 Å². The number of rotatable bonds is 2. The topological polar surface area (TPSA) is 109 Å². The molecule has 1 amide bonds. The van der Waals surface area contributed by atoms with Gasteiger partial charge in [-0.2, -0.15) is 4.98 Å². The Morgan fingerprint density at radius 2 is 2.33 bits per heavy atom. The fourth-order valence-corrected chi connectivity index (χ4v) is 1.57. The van der Waals surface area contributed by atoms with Crippen LogP contribution in [0.1, 0.15) is 19.3 Å². The van der Waals surface area contributed by atoms with E-state index in [9.17, 15) is 4.79 Å². The second kappa shape index (κ2) is 4.16. The molecule has 0 radical (unpaired) electrons. The Morgan fingerprint density at radius 3 is 3.07 bits per heavy atom. The Hall–Kier alpha value is -1.79. The first-order valence-corrected chi connectivity index (χ1v) is 4.98. The molecule has 1 saturated heterocycles. The van der Waals surface area contributed by atoms with Gasteiger partial charge in [-0.15, -0.1) is 5.10 Å². The quantitative estimate of drug-likeness (QED) is 0.524. The third kappa shape index (κ3) is 2.36. The van der Waals surface area contributed by atoms with Crippen molar-refractivity contribution < 1.29 is 4.79 Å². The van der Waals surface area contributed by atoms with Gasteiger partial charge in [0.25, 0.3) is 0 Å². The molecule has 2 rings (SSSR count). The van der Waals surface area contributed by atoms with E-state index in [1.807, 2.05) is 0 Å². The van der Waals surface area contributed by atoms with E-state index < -0.39 is 0 Å². The summed E-state index contributed by atoms with van der Waals surface area (Å²) in [6.45, 7) is 0.743. The highest BCUT2D eigenvalue weighted by molar-refractivity contribution is 5.84.